The van der Waals surface area contributed by atoms with E-state index in [1.165, 1.54) is 29.5 Å². The molecule has 0 amide bonds. The Morgan fingerprint density at radius 1 is 1.15 bits per heavy atom. The number of methoxy groups -OCH3 is 1. The Morgan fingerprint density at radius 3 is 2.46 bits per heavy atom. The van der Waals surface area contributed by atoms with Crippen molar-refractivity contribution in [3.05, 3.63) is 65.2 Å². The maximum absolute atomic E-state index is 6.05. The fourth-order valence-corrected chi connectivity index (χ4v) is 3.25. The summed E-state index contributed by atoms with van der Waals surface area (Å²) in [7, 11) is 1.68. The number of aliphatic imine (C=N–C) groups is 1. The van der Waals surface area contributed by atoms with Crippen LogP contribution in [0, 0.1) is 6.92 Å². The standard InChI is InChI=1S/C21H27N3O.HI/c1-16-5-3-4-6-19(16)21(12-13-21)15-24-20(22)23-14-11-17-7-9-18(25-2)10-8-17;/h3-10H,11-15H2,1-2H3,(H3,22,23,24);1H. The zero-order valence-corrected chi connectivity index (χ0v) is 17.8. The van der Waals surface area contributed by atoms with E-state index in [-0.39, 0.29) is 29.4 Å². The number of nitrogens with two attached hydrogens (primary N) is 1. The zero-order chi connectivity index (χ0) is 17.7. The average Bonchev–Trinajstić information content (AvgIpc) is 3.42. The summed E-state index contributed by atoms with van der Waals surface area (Å²) in [5, 5.41) is 3.22. The Kier molecular flexibility index (Phi) is 7.32. The van der Waals surface area contributed by atoms with E-state index in [9.17, 15) is 0 Å². The molecule has 0 unspecified atom stereocenters. The maximum atomic E-state index is 6.05. The molecule has 5 heteroatoms. The van der Waals surface area contributed by atoms with Crippen molar-refractivity contribution in [2.45, 2.75) is 31.6 Å². The summed E-state index contributed by atoms with van der Waals surface area (Å²) in [6.07, 6.45) is 3.30. The number of benzene rings is 2. The minimum absolute atomic E-state index is 0. The summed E-state index contributed by atoms with van der Waals surface area (Å²) < 4.78 is 5.17. The third-order valence-electron chi connectivity index (χ3n) is 5.00. The van der Waals surface area contributed by atoms with Gasteiger partial charge in [0, 0.05) is 12.0 Å². The summed E-state index contributed by atoms with van der Waals surface area (Å²) in [6.45, 7) is 3.72. The predicted octanol–water partition coefficient (Wildman–Crippen LogP) is 3.80. The molecular weight excluding hydrogens is 437 g/mol. The Hall–Kier alpha value is -1.76. The first-order valence-corrected chi connectivity index (χ1v) is 8.86. The van der Waals surface area contributed by atoms with Crippen molar-refractivity contribution in [2.75, 3.05) is 20.2 Å². The molecule has 26 heavy (non-hydrogen) atoms. The molecule has 0 atom stereocenters. The molecule has 2 aromatic carbocycles. The minimum atomic E-state index is 0. The monoisotopic (exact) mass is 465 g/mol. The second-order valence-corrected chi connectivity index (χ2v) is 6.82. The van der Waals surface area contributed by atoms with Gasteiger partial charge in [-0.1, -0.05) is 36.4 Å². The highest BCUT2D eigenvalue weighted by molar-refractivity contribution is 14.0. The zero-order valence-electron chi connectivity index (χ0n) is 15.5. The Bertz CT molecular complexity index is 739. The molecule has 0 radical (unpaired) electrons. The topological polar surface area (TPSA) is 59.6 Å². The van der Waals surface area contributed by atoms with Gasteiger partial charge in [0.1, 0.15) is 5.75 Å². The number of hydrogen-bond donors (Lipinski definition) is 2. The second kappa shape index (κ2) is 9.26. The maximum Gasteiger partial charge on any atom is 0.188 e. The van der Waals surface area contributed by atoms with Crippen LogP contribution in [0.25, 0.3) is 0 Å². The number of rotatable bonds is 7. The molecule has 1 saturated carbocycles. The third kappa shape index (κ3) is 5.13. The number of ether oxygens (including phenoxy) is 1. The van der Waals surface area contributed by atoms with Crippen LogP contribution >= 0.6 is 24.0 Å². The normalized spacial score (nSPS) is 15.1. The van der Waals surface area contributed by atoms with Gasteiger partial charge in [0.15, 0.2) is 5.96 Å². The first-order chi connectivity index (χ1) is 12.1. The van der Waals surface area contributed by atoms with Crippen molar-refractivity contribution >= 4 is 29.9 Å². The van der Waals surface area contributed by atoms with Crippen molar-refractivity contribution in [1.29, 1.82) is 0 Å². The second-order valence-electron chi connectivity index (χ2n) is 6.82. The van der Waals surface area contributed by atoms with Crippen LogP contribution < -0.4 is 15.8 Å². The average molecular weight is 465 g/mol. The van der Waals surface area contributed by atoms with Gasteiger partial charge >= 0.3 is 0 Å². The molecule has 2 aromatic rings. The van der Waals surface area contributed by atoms with E-state index >= 15 is 0 Å². The molecule has 0 heterocycles. The highest BCUT2D eigenvalue weighted by atomic mass is 127. The van der Waals surface area contributed by atoms with Crippen LogP contribution in [0.5, 0.6) is 5.75 Å². The summed E-state index contributed by atoms with van der Waals surface area (Å²) in [5.74, 6) is 1.41. The van der Waals surface area contributed by atoms with E-state index in [1.54, 1.807) is 7.11 Å². The summed E-state index contributed by atoms with van der Waals surface area (Å²) >= 11 is 0. The summed E-state index contributed by atoms with van der Waals surface area (Å²) in [5.41, 5.74) is 10.3. The molecule has 1 aliphatic rings. The number of aryl methyl sites for hydroxylation is 1. The van der Waals surface area contributed by atoms with Crippen LogP contribution in [0.3, 0.4) is 0 Å². The van der Waals surface area contributed by atoms with Gasteiger partial charge in [0.25, 0.3) is 0 Å². The lowest BCUT2D eigenvalue weighted by Crippen LogP contribution is -2.34. The molecule has 0 spiro atoms. The Balaban J connectivity index is 0.00000243. The van der Waals surface area contributed by atoms with Gasteiger partial charge in [-0.25, -0.2) is 0 Å². The largest absolute Gasteiger partial charge is 0.497 e. The van der Waals surface area contributed by atoms with Gasteiger partial charge in [-0.15, -0.1) is 24.0 Å². The number of nitrogens with zero attached hydrogens (tertiary/aromatic N) is 1. The number of nitrogens with one attached hydrogen (secondary N) is 1. The van der Waals surface area contributed by atoms with Gasteiger partial charge in [-0.3, -0.25) is 4.99 Å². The highest BCUT2D eigenvalue weighted by Gasteiger charge is 2.44. The van der Waals surface area contributed by atoms with Gasteiger partial charge in [0.2, 0.25) is 0 Å². The molecule has 140 valence electrons. The van der Waals surface area contributed by atoms with Crippen LogP contribution in [-0.4, -0.2) is 26.2 Å². The van der Waals surface area contributed by atoms with Crippen LogP contribution in [-0.2, 0) is 11.8 Å². The van der Waals surface area contributed by atoms with Crippen molar-refractivity contribution in [2.24, 2.45) is 10.7 Å². The fourth-order valence-electron chi connectivity index (χ4n) is 3.25. The van der Waals surface area contributed by atoms with Gasteiger partial charge in [0.05, 0.1) is 13.7 Å². The van der Waals surface area contributed by atoms with Crippen molar-refractivity contribution in [3.8, 4) is 5.75 Å². The van der Waals surface area contributed by atoms with Crippen molar-refractivity contribution < 1.29 is 4.74 Å². The highest BCUT2D eigenvalue weighted by Crippen LogP contribution is 2.49. The molecule has 4 nitrogen and oxygen atoms in total. The lowest BCUT2D eigenvalue weighted by atomic mass is 9.92. The molecule has 0 bridgehead atoms. The predicted molar refractivity (Wildman–Crippen MR) is 119 cm³/mol. The molecule has 3 N–H and O–H groups in total. The van der Waals surface area contributed by atoms with Crippen molar-refractivity contribution in [3.63, 3.8) is 0 Å². The van der Waals surface area contributed by atoms with E-state index in [1.807, 2.05) is 12.1 Å². The number of hydrogen-bond acceptors (Lipinski definition) is 2. The SMILES string of the molecule is COc1ccc(CCNC(N)=NCC2(c3ccccc3C)CC2)cc1.I. The van der Waals surface area contributed by atoms with E-state index < -0.39 is 0 Å². The van der Waals surface area contributed by atoms with Crippen molar-refractivity contribution in [1.82, 2.24) is 5.32 Å². The first kappa shape index (κ1) is 20.6. The van der Waals surface area contributed by atoms with Crippen LogP contribution in [0.2, 0.25) is 0 Å². The molecule has 3 rings (SSSR count). The quantitative estimate of drug-likeness (QED) is 0.372. The molecular formula is C21H28IN3O. The first-order valence-electron chi connectivity index (χ1n) is 8.86. The van der Waals surface area contributed by atoms with E-state index in [4.69, 9.17) is 10.5 Å². The van der Waals surface area contributed by atoms with Crippen LogP contribution in [0.4, 0.5) is 0 Å². The van der Waals surface area contributed by atoms with E-state index in [2.05, 4.69) is 53.6 Å². The summed E-state index contributed by atoms with van der Waals surface area (Å²) in [6, 6.07) is 16.7. The lowest BCUT2D eigenvalue weighted by Gasteiger charge is -2.16. The molecule has 0 aromatic heterocycles. The smallest absolute Gasteiger partial charge is 0.188 e. The summed E-state index contributed by atoms with van der Waals surface area (Å²) in [4.78, 5) is 4.60. The minimum Gasteiger partial charge on any atom is -0.497 e. The molecule has 0 aliphatic heterocycles. The van der Waals surface area contributed by atoms with Gasteiger partial charge < -0.3 is 15.8 Å². The molecule has 1 aliphatic carbocycles. The lowest BCUT2D eigenvalue weighted by molar-refractivity contribution is 0.414. The molecule has 0 saturated heterocycles. The van der Waals surface area contributed by atoms with Crippen LogP contribution in [0.15, 0.2) is 53.5 Å². The fraction of sp³-hybridized carbons (Fsp3) is 0.381. The van der Waals surface area contributed by atoms with Gasteiger partial charge in [-0.2, -0.15) is 0 Å². The van der Waals surface area contributed by atoms with E-state index in [0.717, 1.165) is 25.3 Å². The van der Waals surface area contributed by atoms with E-state index in [0.29, 0.717) is 5.96 Å². The Morgan fingerprint density at radius 2 is 1.85 bits per heavy atom. The van der Waals surface area contributed by atoms with Gasteiger partial charge in [-0.05, 0) is 55.0 Å². The third-order valence-corrected chi connectivity index (χ3v) is 5.00. The number of guanidine groups is 1. The van der Waals surface area contributed by atoms with Crippen LogP contribution in [0.1, 0.15) is 29.5 Å². The number of halogens is 1. The molecule has 1 fully saturated rings. The Labute approximate surface area is 173 Å².